The summed E-state index contributed by atoms with van der Waals surface area (Å²) >= 11 is 3.54. The number of rotatable bonds is 8. The fourth-order valence-electron chi connectivity index (χ4n) is 2.65. The highest BCUT2D eigenvalue weighted by atomic mass is 79.9. The van der Waals surface area contributed by atoms with Gasteiger partial charge in [0.1, 0.15) is 0 Å². The second-order valence-corrected chi connectivity index (χ2v) is 6.54. The number of nitrogens with two attached hydrogens (primary N) is 1. The Morgan fingerprint density at radius 2 is 1.86 bits per heavy atom. The number of nitrogens with one attached hydrogen (secondary N) is 1. The van der Waals surface area contributed by atoms with Crippen molar-refractivity contribution in [2.75, 3.05) is 11.9 Å². The molecule has 1 aromatic rings. The number of hydrogen-bond acceptors (Lipinski definition) is 2. The van der Waals surface area contributed by atoms with E-state index in [4.69, 9.17) is 5.73 Å². The number of amides is 1. The predicted octanol–water partition coefficient (Wildman–Crippen LogP) is 4.55. The third-order valence-corrected chi connectivity index (χ3v) is 5.02. The number of carbonyl (C=O) groups is 1. The summed E-state index contributed by atoms with van der Waals surface area (Å²) in [5.41, 5.74) is 8.78. The highest BCUT2D eigenvalue weighted by Crippen LogP contribution is 2.25. The number of halogens is 1. The van der Waals surface area contributed by atoms with E-state index in [1.165, 1.54) is 0 Å². The molecule has 1 aromatic carbocycles. The summed E-state index contributed by atoms with van der Waals surface area (Å²) in [6, 6.07) is 4.00. The minimum absolute atomic E-state index is 0.0919. The molecule has 118 valence electrons. The van der Waals surface area contributed by atoms with Crippen molar-refractivity contribution in [1.82, 2.24) is 0 Å². The Balaban J connectivity index is 2.53. The Labute approximate surface area is 136 Å². The highest BCUT2D eigenvalue weighted by molar-refractivity contribution is 9.10. The first-order valence-corrected chi connectivity index (χ1v) is 8.53. The minimum atomic E-state index is 0.0919. The van der Waals surface area contributed by atoms with Crippen LogP contribution in [0.25, 0.3) is 0 Å². The molecule has 0 aliphatic rings. The summed E-state index contributed by atoms with van der Waals surface area (Å²) in [6.07, 6.45) is 4.81. The first kappa shape index (κ1) is 18.2. The van der Waals surface area contributed by atoms with E-state index in [2.05, 4.69) is 28.2 Å². The quantitative estimate of drug-likeness (QED) is 0.719. The third kappa shape index (κ3) is 6.18. The van der Waals surface area contributed by atoms with Crippen LogP contribution in [0, 0.1) is 19.8 Å². The van der Waals surface area contributed by atoms with Gasteiger partial charge in [0.2, 0.25) is 5.91 Å². The van der Waals surface area contributed by atoms with Gasteiger partial charge in [-0.25, -0.2) is 0 Å². The molecule has 0 aliphatic heterocycles. The SMILES string of the molecule is CCCC(CCN)CCC(=O)Nc1cc(C)c(Br)c(C)c1. The monoisotopic (exact) mass is 354 g/mol. The molecule has 0 fully saturated rings. The van der Waals surface area contributed by atoms with E-state index in [0.717, 1.165) is 47.0 Å². The number of anilines is 1. The van der Waals surface area contributed by atoms with Crippen LogP contribution in [0.15, 0.2) is 16.6 Å². The molecule has 3 nitrogen and oxygen atoms in total. The molecule has 1 rings (SSSR count). The normalized spacial score (nSPS) is 12.2. The van der Waals surface area contributed by atoms with Crippen molar-refractivity contribution in [3.05, 3.63) is 27.7 Å². The van der Waals surface area contributed by atoms with Gasteiger partial charge in [-0.05, 0) is 62.4 Å². The lowest BCUT2D eigenvalue weighted by Gasteiger charge is -2.15. The van der Waals surface area contributed by atoms with E-state index in [1.54, 1.807) is 0 Å². The van der Waals surface area contributed by atoms with Gasteiger partial charge in [0, 0.05) is 16.6 Å². The zero-order valence-electron chi connectivity index (χ0n) is 13.3. The van der Waals surface area contributed by atoms with Crippen LogP contribution < -0.4 is 11.1 Å². The lowest BCUT2D eigenvalue weighted by molar-refractivity contribution is -0.116. The summed E-state index contributed by atoms with van der Waals surface area (Å²) in [7, 11) is 0. The number of benzene rings is 1. The fraction of sp³-hybridized carbons (Fsp3) is 0.588. The van der Waals surface area contributed by atoms with Crippen molar-refractivity contribution in [2.45, 2.75) is 52.9 Å². The molecule has 3 N–H and O–H groups in total. The van der Waals surface area contributed by atoms with Crippen molar-refractivity contribution in [3.8, 4) is 0 Å². The highest BCUT2D eigenvalue weighted by Gasteiger charge is 2.11. The molecule has 0 bridgehead atoms. The average Bonchev–Trinajstić information content (AvgIpc) is 2.42. The topological polar surface area (TPSA) is 55.1 Å². The van der Waals surface area contributed by atoms with Gasteiger partial charge in [-0.3, -0.25) is 4.79 Å². The van der Waals surface area contributed by atoms with E-state index in [1.807, 2.05) is 26.0 Å². The van der Waals surface area contributed by atoms with E-state index in [9.17, 15) is 4.79 Å². The van der Waals surface area contributed by atoms with E-state index in [-0.39, 0.29) is 5.91 Å². The standard InChI is InChI=1S/C17H27BrN2O/c1-4-5-14(8-9-19)6-7-16(21)20-15-10-12(2)17(18)13(3)11-15/h10-11,14H,4-9,19H2,1-3H3,(H,20,21). The Morgan fingerprint density at radius 1 is 1.24 bits per heavy atom. The van der Waals surface area contributed by atoms with E-state index >= 15 is 0 Å². The Hall–Kier alpha value is -0.870. The first-order chi connectivity index (χ1) is 9.97. The van der Waals surface area contributed by atoms with Gasteiger partial charge < -0.3 is 11.1 Å². The summed E-state index contributed by atoms with van der Waals surface area (Å²) in [4.78, 5) is 12.1. The summed E-state index contributed by atoms with van der Waals surface area (Å²) in [5.74, 6) is 0.661. The van der Waals surface area contributed by atoms with Crippen LogP contribution in [0.4, 0.5) is 5.69 Å². The maximum atomic E-state index is 12.1. The zero-order chi connectivity index (χ0) is 15.8. The van der Waals surface area contributed by atoms with Crippen molar-refractivity contribution >= 4 is 27.5 Å². The van der Waals surface area contributed by atoms with E-state index < -0.39 is 0 Å². The molecule has 1 unspecified atom stereocenters. The fourth-order valence-corrected chi connectivity index (χ4v) is 2.88. The second-order valence-electron chi connectivity index (χ2n) is 5.74. The molecule has 1 atom stereocenters. The van der Waals surface area contributed by atoms with Gasteiger partial charge in [-0.15, -0.1) is 0 Å². The lowest BCUT2D eigenvalue weighted by Crippen LogP contribution is -2.15. The minimum Gasteiger partial charge on any atom is -0.330 e. The van der Waals surface area contributed by atoms with Crippen molar-refractivity contribution < 1.29 is 4.79 Å². The van der Waals surface area contributed by atoms with Crippen LogP contribution >= 0.6 is 15.9 Å². The predicted molar refractivity (Wildman–Crippen MR) is 93.5 cm³/mol. The number of aryl methyl sites for hydroxylation is 2. The zero-order valence-corrected chi connectivity index (χ0v) is 14.9. The van der Waals surface area contributed by atoms with Gasteiger partial charge >= 0.3 is 0 Å². The number of carbonyl (C=O) groups excluding carboxylic acids is 1. The van der Waals surface area contributed by atoms with Gasteiger partial charge in [0.25, 0.3) is 0 Å². The molecule has 4 heteroatoms. The van der Waals surface area contributed by atoms with Crippen LogP contribution in [-0.4, -0.2) is 12.5 Å². The van der Waals surface area contributed by atoms with Gasteiger partial charge in [0.15, 0.2) is 0 Å². The number of hydrogen-bond donors (Lipinski definition) is 2. The third-order valence-electron chi connectivity index (χ3n) is 3.77. The Kier molecular flexibility index (Phi) is 7.97. The lowest BCUT2D eigenvalue weighted by atomic mass is 9.94. The van der Waals surface area contributed by atoms with Crippen molar-refractivity contribution in [1.29, 1.82) is 0 Å². The molecule has 0 heterocycles. The molecule has 0 aromatic heterocycles. The first-order valence-electron chi connectivity index (χ1n) is 7.74. The second kappa shape index (κ2) is 9.21. The van der Waals surface area contributed by atoms with Crippen LogP contribution in [0.2, 0.25) is 0 Å². The average molecular weight is 355 g/mol. The summed E-state index contributed by atoms with van der Waals surface area (Å²) in [5, 5.41) is 3.00. The van der Waals surface area contributed by atoms with Crippen LogP contribution in [0.1, 0.15) is 50.2 Å². The molecule has 0 radical (unpaired) electrons. The smallest absolute Gasteiger partial charge is 0.224 e. The molecule has 0 saturated heterocycles. The van der Waals surface area contributed by atoms with Crippen LogP contribution in [0.3, 0.4) is 0 Å². The Morgan fingerprint density at radius 3 is 2.38 bits per heavy atom. The maximum absolute atomic E-state index is 12.1. The Bertz CT molecular complexity index is 445. The van der Waals surface area contributed by atoms with E-state index in [0.29, 0.717) is 18.9 Å². The molecule has 0 spiro atoms. The summed E-state index contributed by atoms with van der Waals surface area (Å²) in [6.45, 7) is 6.95. The van der Waals surface area contributed by atoms with Crippen LogP contribution in [-0.2, 0) is 4.79 Å². The van der Waals surface area contributed by atoms with Gasteiger partial charge in [0.05, 0.1) is 0 Å². The molecule has 0 aliphatic carbocycles. The van der Waals surface area contributed by atoms with Gasteiger partial charge in [-0.1, -0.05) is 35.7 Å². The molecule has 0 saturated carbocycles. The molecule has 21 heavy (non-hydrogen) atoms. The summed E-state index contributed by atoms with van der Waals surface area (Å²) < 4.78 is 1.10. The molecular formula is C17H27BrN2O. The largest absolute Gasteiger partial charge is 0.330 e. The van der Waals surface area contributed by atoms with Crippen LogP contribution in [0.5, 0.6) is 0 Å². The van der Waals surface area contributed by atoms with Crippen molar-refractivity contribution in [2.24, 2.45) is 11.7 Å². The maximum Gasteiger partial charge on any atom is 0.224 e. The van der Waals surface area contributed by atoms with Crippen molar-refractivity contribution in [3.63, 3.8) is 0 Å². The van der Waals surface area contributed by atoms with Gasteiger partial charge in [-0.2, -0.15) is 0 Å². The molecular weight excluding hydrogens is 328 g/mol. The molecule has 1 amide bonds.